The second kappa shape index (κ2) is 7.00. The minimum Gasteiger partial charge on any atom is -0.494 e. The topological polar surface area (TPSA) is 58.6 Å². The minimum atomic E-state index is -1.02. The number of nitrogens with one attached hydrogen (secondary N) is 1. The molecule has 22 heavy (non-hydrogen) atoms. The van der Waals surface area contributed by atoms with E-state index in [9.17, 15) is 18.7 Å². The molecule has 6 heteroatoms. The van der Waals surface area contributed by atoms with E-state index in [-0.39, 0.29) is 17.9 Å². The number of carbonyl (C=O) groups is 1. The van der Waals surface area contributed by atoms with Crippen molar-refractivity contribution in [1.29, 1.82) is 0 Å². The highest BCUT2D eigenvalue weighted by molar-refractivity contribution is 5.91. The average Bonchev–Trinajstić information content (AvgIpc) is 2.51. The summed E-state index contributed by atoms with van der Waals surface area (Å²) in [6.07, 6.45) is -1.29. The number of aliphatic hydroxyl groups excluding tert-OH is 1. The maximum Gasteiger partial charge on any atom is 0.227 e. The van der Waals surface area contributed by atoms with Gasteiger partial charge >= 0.3 is 0 Å². The van der Waals surface area contributed by atoms with E-state index in [0.717, 1.165) is 12.1 Å². The number of carbonyl (C=O) groups excluding carboxylic acids is 1. The molecule has 1 unspecified atom stereocenters. The third-order valence-electron chi connectivity index (χ3n) is 3.08. The number of benzene rings is 2. The van der Waals surface area contributed by atoms with Crippen LogP contribution in [0.2, 0.25) is 0 Å². The molecule has 0 saturated carbocycles. The second-order valence-corrected chi connectivity index (χ2v) is 4.65. The van der Waals surface area contributed by atoms with E-state index < -0.39 is 23.6 Å². The number of hydrogen-bond acceptors (Lipinski definition) is 3. The standard InChI is InChI=1S/C16H15F2NO3/c1-22-15-8-11(17)13(7-12(15)18)19-16(21)9-14(20)10-5-3-2-4-6-10/h2-8,14,20H,9H2,1H3,(H,19,21). The maximum atomic E-state index is 13.7. The number of anilines is 1. The van der Waals surface area contributed by atoms with Gasteiger partial charge in [-0.3, -0.25) is 4.79 Å². The molecule has 1 amide bonds. The molecule has 0 radical (unpaired) electrons. The number of ether oxygens (including phenoxy) is 1. The maximum absolute atomic E-state index is 13.7. The summed E-state index contributed by atoms with van der Waals surface area (Å²) in [6.45, 7) is 0. The van der Waals surface area contributed by atoms with E-state index in [1.54, 1.807) is 30.3 Å². The molecule has 116 valence electrons. The SMILES string of the molecule is COc1cc(F)c(NC(=O)CC(O)c2ccccc2)cc1F. The number of halogens is 2. The molecule has 0 spiro atoms. The Kier molecular flexibility index (Phi) is 5.06. The highest BCUT2D eigenvalue weighted by Crippen LogP contribution is 2.25. The molecule has 2 aromatic carbocycles. The molecule has 0 saturated heterocycles. The van der Waals surface area contributed by atoms with Crippen LogP contribution in [0, 0.1) is 11.6 Å². The summed E-state index contributed by atoms with van der Waals surface area (Å²) in [5.74, 6) is -2.48. The van der Waals surface area contributed by atoms with Gasteiger partial charge in [-0.2, -0.15) is 0 Å². The summed E-state index contributed by atoms with van der Waals surface area (Å²) >= 11 is 0. The van der Waals surface area contributed by atoms with Crippen molar-refractivity contribution in [3.05, 3.63) is 59.7 Å². The predicted molar refractivity (Wildman–Crippen MR) is 77.6 cm³/mol. The van der Waals surface area contributed by atoms with Gasteiger partial charge in [-0.15, -0.1) is 0 Å². The van der Waals surface area contributed by atoms with Crippen molar-refractivity contribution in [2.24, 2.45) is 0 Å². The number of hydrogen-bond donors (Lipinski definition) is 2. The average molecular weight is 307 g/mol. The fourth-order valence-electron chi connectivity index (χ4n) is 1.95. The Morgan fingerprint density at radius 3 is 2.55 bits per heavy atom. The minimum absolute atomic E-state index is 0.250. The summed E-state index contributed by atoms with van der Waals surface area (Å²) in [4.78, 5) is 11.8. The van der Waals surface area contributed by atoms with Gasteiger partial charge in [0.2, 0.25) is 5.91 Å². The molecule has 2 aromatic rings. The lowest BCUT2D eigenvalue weighted by molar-refractivity contribution is -0.118. The quantitative estimate of drug-likeness (QED) is 0.892. The highest BCUT2D eigenvalue weighted by Gasteiger charge is 2.16. The van der Waals surface area contributed by atoms with E-state index in [0.29, 0.717) is 5.56 Å². The Morgan fingerprint density at radius 1 is 1.23 bits per heavy atom. The van der Waals surface area contributed by atoms with Crippen LogP contribution in [0.3, 0.4) is 0 Å². The molecule has 2 rings (SSSR count). The van der Waals surface area contributed by atoms with E-state index in [1.807, 2.05) is 0 Å². The smallest absolute Gasteiger partial charge is 0.227 e. The van der Waals surface area contributed by atoms with Crippen molar-refractivity contribution in [2.75, 3.05) is 12.4 Å². The zero-order chi connectivity index (χ0) is 16.1. The van der Waals surface area contributed by atoms with Gasteiger partial charge in [0, 0.05) is 12.1 Å². The summed E-state index contributed by atoms with van der Waals surface area (Å²) in [5.41, 5.74) is 0.266. The van der Waals surface area contributed by atoms with E-state index in [1.165, 1.54) is 7.11 Å². The van der Waals surface area contributed by atoms with Crippen LogP contribution >= 0.6 is 0 Å². The van der Waals surface area contributed by atoms with Crippen molar-refractivity contribution in [2.45, 2.75) is 12.5 Å². The zero-order valence-corrected chi connectivity index (χ0v) is 11.8. The molecule has 0 aliphatic rings. The molecule has 0 heterocycles. The van der Waals surface area contributed by atoms with Gasteiger partial charge in [0.25, 0.3) is 0 Å². The van der Waals surface area contributed by atoms with E-state index >= 15 is 0 Å². The van der Waals surface area contributed by atoms with Crippen LogP contribution < -0.4 is 10.1 Å². The van der Waals surface area contributed by atoms with Gasteiger partial charge in [0.15, 0.2) is 17.4 Å². The Labute approximate surface area is 126 Å². The molecule has 2 N–H and O–H groups in total. The Bertz CT molecular complexity index is 662. The van der Waals surface area contributed by atoms with Crippen LogP contribution in [0.15, 0.2) is 42.5 Å². The van der Waals surface area contributed by atoms with Crippen molar-refractivity contribution in [1.82, 2.24) is 0 Å². The fraction of sp³-hybridized carbons (Fsp3) is 0.188. The van der Waals surface area contributed by atoms with Crippen LogP contribution in [-0.2, 0) is 4.79 Å². The van der Waals surface area contributed by atoms with Crippen LogP contribution in [0.5, 0.6) is 5.75 Å². The fourth-order valence-corrected chi connectivity index (χ4v) is 1.95. The Hall–Kier alpha value is -2.47. The van der Waals surface area contributed by atoms with Gasteiger partial charge < -0.3 is 15.2 Å². The number of amides is 1. The lowest BCUT2D eigenvalue weighted by Crippen LogP contribution is -2.16. The Balaban J connectivity index is 2.05. The molecular formula is C16H15F2NO3. The summed E-state index contributed by atoms with van der Waals surface area (Å²) in [6, 6.07) is 10.3. The Morgan fingerprint density at radius 2 is 1.91 bits per heavy atom. The van der Waals surface area contributed by atoms with Gasteiger partial charge in [-0.1, -0.05) is 30.3 Å². The number of methoxy groups -OCH3 is 1. The van der Waals surface area contributed by atoms with E-state index in [2.05, 4.69) is 10.1 Å². The summed E-state index contributed by atoms with van der Waals surface area (Å²) < 4.78 is 31.9. The first kappa shape index (κ1) is 15.9. The molecule has 1 atom stereocenters. The third-order valence-corrected chi connectivity index (χ3v) is 3.08. The molecule has 0 aliphatic carbocycles. The lowest BCUT2D eigenvalue weighted by atomic mass is 10.1. The molecule has 0 bridgehead atoms. The van der Waals surface area contributed by atoms with Gasteiger partial charge in [0.1, 0.15) is 0 Å². The normalized spacial score (nSPS) is 11.8. The van der Waals surface area contributed by atoms with Crippen LogP contribution in [-0.4, -0.2) is 18.1 Å². The zero-order valence-electron chi connectivity index (χ0n) is 11.8. The molecular weight excluding hydrogens is 292 g/mol. The van der Waals surface area contributed by atoms with Gasteiger partial charge in [-0.05, 0) is 5.56 Å². The van der Waals surface area contributed by atoms with E-state index in [4.69, 9.17) is 0 Å². The third kappa shape index (κ3) is 3.79. The first-order chi connectivity index (χ1) is 10.5. The molecule has 4 nitrogen and oxygen atoms in total. The van der Waals surface area contributed by atoms with Crippen molar-refractivity contribution in [3.63, 3.8) is 0 Å². The monoisotopic (exact) mass is 307 g/mol. The second-order valence-electron chi connectivity index (χ2n) is 4.65. The van der Waals surface area contributed by atoms with Crippen molar-refractivity contribution < 1.29 is 23.4 Å². The van der Waals surface area contributed by atoms with Gasteiger partial charge in [0.05, 0.1) is 25.3 Å². The molecule has 0 aliphatic heterocycles. The van der Waals surface area contributed by atoms with Crippen LogP contribution in [0.4, 0.5) is 14.5 Å². The first-order valence-electron chi connectivity index (χ1n) is 6.57. The van der Waals surface area contributed by atoms with Crippen molar-refractivity contribution in [3.8, 4) is 5.75 Å². The van der Waals surface area contributed by atoms with Gasteiger partial charge in [-0.25, -0.2) is 8.78 Å². The summed E-state index contributed by atoms with van der Waals surface area (Å²) in [5, 5.41) is 12.2. The van der Waals surface area contributed by atoms with Crippen LogP contribution in [0.1, 0.15) is 18.1 Å². The predicted octanol–water partition coefficient (Wildman–Crippen LogP) is 3.04. The molecule has 0 fully saturated rings. The number of aliphatic hydroxyl groups is 1. The molecule has 0 aromatic heterocycles. The largest absolute Gasteiger partial charge is 0.494 e. The first-order valence-corrected chi connectivity index (χ1v) is 6.57. The van der Waals surface area contributed by atoms with Crippen molar-refractivity contribution >= 4 is 11.6 Å². The lowest BCUT2D eigenvalue weighted by Gasteiger charge is -2.12. The summed E-state index contributed by atoms with van der Waals surface area (Å²) in [7, 11) is 1.21. The highest BCUT2D eigenvalue weighted by atomic mass is 19.1. The van der Waals surface area contributed by atoms with Crippen LogP contribution in [0.25, 0.3) is 0 Å². The number of rotatable bonds is 5.